The van der Waals surface area contributed by atoms with Crippen molar-refractivity contribution in [1.82, 2.24) is 15.5 Å². The van der Waals surface area contributed by atoms with Crippen molar-refractivity contribution in [2.75, 3.05) is 46.4 Å². The Morgan fingerprint density at radius 2 is 1.92 bits per heavy atom. The second kappa shape index (κ2) is 9.97. The van der Waals surface area contributed by atoms with Gasteiger partial charge in [-0.05, 0) is 40.0 Å². The minimum atomic E-state index is -0.472. The molecule has 2 aliphatic rings. The van der Waals surface area contributed by atoms with Gasteiger partial charge in [0.15, 0.2) is 5.96 Å². The number of hydrogen-bond donors (Lipinski definition) is 2. The van der Waals surface area contributed by atoms with Gasteiger partial charge in [-0.2, -0.15) is 0 Å². The number of carbonyl (C=O) groups is 1. The van der Waals surface area contributed by atoms with Crippen molar-refractivity contribution < 1.29 is 19.0 Å². The number of rotatable bonds is 5. The van der Waals surface area contributed by atoms with E-state index >= 15 is 0 Å². The van der Waals surface area contributed by atoms with Gasteiger partial charge in [-0.3, -0.25) is 4.99 Å². The number of nitrogens with zero attached hydrogens (tertiary/aromatic N) is 2. The van der Waals surface area contributed by atoms with Gasteiger partial charge in [-0.1, -0.05) is 0 Å². The molecule has 8 nitrogen and oxygen atoms in total. The second-order valence-corrected chi connectivity index (χ2v) is 7.66. The summed E-state index contributed by atoms with van der Waals surface area (Å²) in [6.45, 7) is 9.97. The van der Waals surface area contributed by atoms with E-state index in [-0.39, 0.29) is 18.3 Å². The highest BCUT2D eigenvalue weighted by Crippen LogP contribution is 2.21. The maximum atomic E-state index is 11.6. The van der Waals surface area contributed by atoms with Crippen LogP contribution in [-0.2, 0) is 14.2 Å². The summed E-state index contributed by atoms with van der Waals surface area (Å²) in [5, 5.41) is 6.12. The molecule has 0 bridgehead atoms. The minimum Gasteiger partial charge on any atom is -0.444 e. The normalized spacial score (nSPS) is 24.5. The summed E-state index contributed by atoms with van der Waals surface area (Å²) in [7, 11) is 1.79. The second-order valence-electron chi connectivity index (χ2n) is 7.66. The fourth-order valence-corrected chi connectivity index (χ4v) is 3.11. The predicted octanol–water partition coefficient (Wildman–Crippen LogP) is 1.36. The molecule has 1 amide bonds. The van der Waals surface area contributed by atoms with Crippen molar-refractivity contribution in [3.63, 3.8) is 0 Å². The largest absolute Gasteiger partial charge is 0.444 e. The monoisotopic (exact) mass is 370 g/mol. The number of aliphatic imine (C=N–C) groups is 1. The van der Waals surface area contributed by atoms with E-state index in [1.165, 1.54) is 0 Å². The average molecular weight is 370 g/mol. The molecule has 150 valence electrons. The highest BCUT2D eigenvalue weighted by atomic mass is 16.6. The fraction of sp³-hybridized carbons (Fsp3) is 0.889. The molecule has 8 heteroatoms. The van der Waals surface area contributed by atoms with Gasteiger partial charge in [0, 0.05) is 39.8 Å². The van der Waals surface area contributed by atoms with Crippen molar-refractivity contribution in [2.45, 2.75) is 57.8 Å². The van der Waals surface area contributed by atoms with Crippen molar-refractivity contribution in [2.24, 2.45) is 4.99 Å². The summed E-state index contributed by atoms with van der Waals surface area (Å²) >= 11 is 0. The lowest BCUT2D eigenvalue weighted by Crippen LogP contribution is -2.53. The molecular weight excluding hydrogens is 336 g/mol. The van der Waals surface area contributed by atoms with E-state index in [1.807, 2.05) is 20.8 Å². The Labute approximate surface area is 156 Å². The summed E-state index contributed by atoms with van der Waals surface area (Å²) in [5.41, 5.74) is -0.472. The zero-order valence-electron chi connectivity index (χ0n) is 16.5. The van der Waals surface area contributed by atoms with Crippen LogP contribution in [0.3, 0.4) is 0 Å². The molecular formula is C18H34N4O4. The first-order valence-corrected chi connectivity index (χ1v) is 9.54. The lowest BCUT2D eigenvalue weighted by molar-refractivity contribution is -0.0816. The van der Waals surface area contributed by atoms with Gasteiger partial charge >= 0.3 is 6.09 Å². The van der Waals surface area contributed by atoms with Crippen LogP contribution in [0.1, 0.15) is 40.0 Å². The minimum absolute atomic E-state index is 0.110. The van der Waals surface area contributed by atoms with E-state index < -0.39 is 5.60 Å². The van der Waals surface area contributed by atoms with Crippen LogP contribution in [0.15, 0.2) is 4.99 Å². The first-order valence-electron chi connectivity index (χ1n) is 9.54. The molecule has 2 N–H and O–H groups in total. The van der Waals surface area contributed by atoms with E-state index in [9.17, 15) is 4.79 Å². The topological polar surface area (TPSA) is 84.4 Å². The number of nitrogens with one attached hydrogen (secondary N) is 2. The molecule has 2 fully saturated rings. The van der Waals surface area contributed by atoms with Crippen LogP contribution >= 0.6 is 0 Å². The molecule has 2 saturated heterocycles. The lowest BCUT2D eigenvalue weighted by atomic mass is 10.1. The smallest absolute Gasteiger partial charge is 0.407 e. The number of hydrogen-bond acceptors (Lipinski definition) is 5. The first kappa shape index (κ1) is 20.8. The van der Waals surface area contributed by atoms with Gasteiger partial charge in [0.05, 0.1) is 12.7 Å². The maximum Gasteiger partial charge on any atom is 0.407 e. The van der Waals surface area contributed by atoms with Crippen molar-refractivity contribution in [1.29, 1.82) is 0 Å². The van der Waals surface area contributed by atoms with Crippen LogP contribution in [0.4, 0.5) is 4.79 Å². The van der Waals surface area contributed by atoms with E-state index in [0.29, 0.717) is 13.2 Å². The SMILES string of the molecule is CN=C(NCCCNC(=O)OC(C)(C)C)N1CCOC(C2CCCO2)C1. The van der Waals surface area contributed by atoms with Crippen molar-refractivity contribution in [3.8, 4) is 0 Å². The molecule has 0 spiro atoms. The summed E-state index contributed by atoms with van der Waals surface area (Å²) in [4.78, 5) is 18.2. The zero-order valence-corrected chi connectivity index (χ0v) is 16.5. The first-order chi connectivity index (χ1) is 12.4. The van der Waals surface area contributed by atoms with E-state index in [1.54, 1.807) is 7.05 Å². The molecule has 2 rings (SSSR count). The molecule has 2 atom stereocenters. The predicted molar refractivity (Wildman–Crippen MR) is 101 cm³/mol. The van der Waals surface area contributed by atoms with Crippen LogP contribution in [-0.4, -0.2) is 81.2 Å². The molecule has 2 aliphatic heterocycles. The number of guanidine groups is 1. The Bertz CT molecular complexity index is 472. The van der Waals surface area contributed by atoms with E-state index in [4.69, 9.17) is 14.2 Å². The number of alkyl carbamates (subject to hydrolysis) is 1. The number of ether oxygens (including phenoxy) is 3. The summed E-state index contributed by atoms with van der Waals surface area (Å²) in [5.74, 6) is 0.869. The Morgan fingerprint density at radius 1 is 1.19 bits per heavy atom. The Hall–Kier alpha value is -1.54. The molecule has 0 radical (unpaired) electrons. The quantitative estimate of drug-likeness (QED) is 0.432. The highest BCUT2D eigenvalue weighted by Gasteiger charge is 2.32. The third-order valence-corrected chi connectivity index (χ3v) is 4.29. The summed E-state index contributed by atoms with van der Waals surface area (Å²) < 4.78 is 16.9. The molecule has 0 aliphatic carbocycles. The summed E-state index contributed by atoms with van der Waals surface area (Å²) in [6, 6.07) is 0. The Balaban J connectivity index is 1.66. The molecule has 0 saturated carbocycles. The van der Waals surface area contributed by atoms with Crippen LogP contribution in [0.5, 0.6) is 0 Å². The number of amides is 1. The van der Waals surface area contributed by atoms with Crippen LogP contribution < -0.4 is 10.6 Å². The third-order valence-electron chi connectivity index (χ3n) is 4.29. The van der Waals surface area contributed by atoms with Gasteiger partial charge in [0.25, 0.3) is 0 Å². The highest BCUT2D eigenvalue weighted by molar-refractivity contribution is 5.80. The van der Waals surface area contributed by atoms with Crippen molar-refractivity contribution >= 4 is 12.1 Å². The molecule has 0 aromatic heterocycles. The van der Waals surface area contributed by atoms with E-state index in [0.717, 1.165) is 51.5 Å². The lowest BCUT2D eigenvalue weighted by Gasteiger charge is -2.37. The van der Waals surface area contributed by atoms with Gasteiger partial charge in [-0.25, -0.2) is 4.79 Å². The molecule has 0 aromatic carbocycles. The number of carbonyl (C=O) groups excluding carboxylic acids is 1. The van der Waals surface area contributed by atoms with Crippen LogP contribution in [0, 0.1) is 0 Å². The van der Waals surface area contributed by atoms with Gasteiger partial charge < -0.3 is 29.7 Å². The van der Waals surface area contributed by atoms with E-state index in [2.05, 4.69) is 20.5 Å². The summed E-state index contributed by atoms with van der Waals surface area (Å²) in [6.07, 6.45) is 2.91. The van der Waals surface area contributed by atoms with Gasteiger partial charge in [-0.15, -0.1) is 0 Å². The molecule has 0 aromatic rings. The number of morpholine rings is 1. The molecule has 2 unspecified atom stereocenters. The molecule has 26 heavy (non-hydrogen) atoms. The fourth-order valence-electron chi connectivity index (χ4n) is 3.11. The average Bonchev–Trinajstić information content (AvgIpc) is 3.11. The molecule has 2 heterocycles. The van der Waals surface area contributed by atoms with Crippen LogP contribution in [0.25, 0.3) is 0 Å². The van der Waals surface area contributed by atoms with Crippen LogP contribution in [0.2, 0.25) is 0 Å². The van der Waals surface area contributed by atoms with Gasteiger partial charge in [0.1, 0.15) is 11.7 Å². The maximum absolute atomic E-state index is 11.6. The van der Waals surface area contributed by atoms with Gasteiger partial charge in [0.2, 0.25) is 0 Å². The standard InChI is InChI=1S/C18H34N4O4/c1-18(2,3)26-17(23)21-9-6-8-20-16(19-4)22-10-12-25-15(13-22)14-7-5-11-24-14/h14-15H,5-13H2,1-4H3,(H,19,20)(H,21,23). The Morgan fingerprint density at radius 3 is 2.58 bits per heavy atom. The Kier molecular flexibility index (Phi) is 7.96. The zero-order chi connectivity index (χ0) is 19.0. The third kappa shape index (κ3) is 6.99. The van der Waals surface area contributed by atoms with Crippen molar-refractivity contribution in [3.05, 3.63) is 0 Å².